The van der Waals surface area contributed by atoms with Crippen LogP contribution in [0.4, 0.5) is 10.5 Å². The zero-order valence-electron chi connectivity index (χ0n) is 10.4. The number of rotatable bonds is 2. The van der Waals surface area contributed by atoms with Crippen LogP contribution < -0.4 is 9.64 Å². The molecule has 0 radical (unpaired) electrons. The maximum Gasteiger partial charge on any atom is 0.433 e. The Morgan fingerprint density at radius 2 is 2.26 bits per heavy atom. The Labute approximate surface area is 114 Å². The number of amidine groups is 1. The molecule has 1 saturated heterocycles. The molecule has 1 heterocycles. The molecule has 0 bridgehead atoms. The van der Waals surface area contributed by atoms with Gasteiger partial charge in [-0.15, -0.1) is 0 Å². The molecule has 0 unspecified atom stereocenters. The number of benzene rings is 1. The highest BCUT2D eigenvalue weighted by atomic mass is 32.2. The molecule has 0 saturated carbocycles. The Balaban J connectivity index is 2.51. The van der Waals surface area contributed by atoms with Crippen molar-refractivity contribution in [2.24, 2.45) is 4.99 Å². The van der Waals surface area contributed by atoms with Crippen LogP contribution in [0.1, 0.15) is 5.56 Å². The van der Waals surface area contributed by atoms with Crippen LogP contribution in [-0.4, -0.2) is 35.1 Å². The standard InChI is InChI=1S/C12H12N2O4S/c1-7-3-4-9(18-2)8(5-7)14-10(15)6-19-11(14)13-12(16)17/h3-5H,6H2,1-2H3,(H,16,17). The lowest BCUT2D eigenvalue weighted by Gasteiger charge is -2.19. The monoisotopic (exact) mass is 280 g/mol. The second kappa shape index (κ2) is 5.31. The number of amides is 2. The van der Waals surface area contributed by atoms with Crippen molar-refractivity contribution in [2.75, 3.05) is 17.8 Å². The molecule has 1 aromatic carbocycles. The molecule has 0 aliphatic carbocycles. The molecular formula is C12H12N2O4S. The van der Waals surface area contributed by atoms with E-state index in [0.717, 1.165) is 17.3 Å². The fourth-order valence-electron chi connectivity index (χ4n) is 1.74. The summed E-state index contributed by atoms with van der Waals surface area (Å²) < 4.78 is 5.21. The first kappa shape index (κ1) is 13.4. The predicted octanol–water partition coefficient (Wildman–Crippen LogP) is 2.12. The van der Waals surface area contributed by atoms with Gasteiger partial charge in [-0.2, -0.15) is 4.99 Å². The van der Waals surface area contributed by atoms with Gasteiger partial charge < -0.3 is 9.84 Å². The normalized spacial score (nSPS) is 17.1. The summed E-state index contributed by atoms with van der Waals surface area (Å²) in [6, 6.07) is 5.35. The molecule has 1 aliphatic heterocycles. The summed E-state index contributed by atoms with van der Waals surface area (Å²) in [4.78, 5) is 27.3. The predicted molar refractivity (Wildman–Crippen MR) is 73.1 cm³/mol. The number of carbonyl (C=O) groups excluding carboxylic acids is 1. The number of ether oxygens (including phenoxy) is 1. The summed E-state index contributed by atoms with van der Waals surface area (Å²) in [6.45, 7) is 1.88. The van der Waals surface area contributed by atoms with Crippen LogP contribution in [0.3, 0.4) is 0 Å². The largest absolute Gasteiger partial charge is 0.495 e. The van der Waals surface area contributed by atoms with Crippen molar-refractivity contribution in [2.45, 2.75) is 6.92 Å². The van der Waals surface area contributed by atoms with Crippen LogP contribution in [0, 0.1) is 6.92 Å². The highest BCUT2D eigenvalue weighted by Crippen LogP contribution is 2.34. The Morgan fingerprint density at radius 3 is 2.89 bits per heavy atom. The van der Waals surface area contributed by atoms with E-state index in [0.29, 0.717) is 11.4 Å². The number of hydrogen-bond acceptors (Lipinski definition) is 4. The highest BCUT2D eigenvalue weighted by Gasteiger charge is 2.32. The zero-order chi connectivity index (χ0) is 14.0. The summed E-state index contributed by atoms with van der Waals surface area (Å²) in [7, 11) is 1.50. The fraction of sp³-hybridized carbons (Fsp3) is 0.250. The second-order valence-electron chi connectivity index (χ2n) is 3.87. The van der Waals surface area contributed by atoms with Crippen molar-refractivity contribution < 1.29 is 19.4 Å². The number of aliphatic imine (C=N–C) groups is 1. The summed E-state index contributed by atoms with van der Waals surface area (Å²) in [5.41, 5.74) is 1.45. The Kier molecular flexibility index (Phi) is 3.75. The molecule has 0 atom stereocenters. The summed E-state index contributed by atoms with van der Waals surface area (Å²) >= 11 is 1.10. The molecule has 100 valence electrons. The molecule has 7 heteroatoms. The fourth-order valence-corrected chi connectivity index (χ4v) is 2.59. The van der Waals surface area contributed by atoms with E-state index >= 15 is 0 Å². The lowest BCUT2D eigenvalue weighted by atomic mass is 10.2. The van der Waals surface area contributed by atoms with Crippen LogP contribution in [0.5, 0.6) is 5.75 Å². The molecule has 0 aromatic heterocycles. The van der Waals surface area contributed by atoms with Crippen molar-refractivity contribution in [1.29, 1.82) is 0 Å². The van der Waals surface area contributed by atoms with Crippen molar-refractivity contribution in [3.05, 3.63) is 23.8 Å². The summed E-state index contributed by atoms with van der Waals surface area (Å²) in [5, 5.41) is 8.89. The van der Waals surface area contributed by atoms with Crippen molar-refractivity contribution >= 4 is 34.6 Å². The van der Waals surface area contributed by atoms with E-state index in [2.05, 4.69) is 4.99 Å². The minimum atomic E-state index is -1.33. The number of thioether (sulfide) groups is 1. The van der Waals surface area contributed by atoms with Gasteiger partial charge in [0.1, 0.15) is 5.75 Å². The van der Waals surface area contributed by atoms with Gasteiger partial charge in [0, 0.05) is 0 Å². The number of aryl methyl sites for hydroxylation is 1. The van der Waals surface area contributed by atoms with E-state index in [-0.39, 0.29) is 16.8 Å². The SMILES string of the molecule is COc1ccc(C)cc1N1C(=O)CSC1=NC(=O)O. The lowest BCUT2D eigenvalue weighted by Crippen LogP contribution is -2.30. The first-order chi connectivity index (χ1) is 9.02. The van der Waals surface area contributed by atoms with Crippen molar-refractivity contribution in [3.63, 3.8) is 0 Å². The Bertz CT molecular complexity index is 571. The van der Waals surface area contributed by atoms with Crippen LogP contribution >= 0.6 is 11.8 Å². The van der Waals surface area contributed by atoms with Crippen LogP contribution in [-0.2, 0) is 4.79 Å². The average Bonchev–Trinajstić information content (AvgIpc) is 2.69. The van der Waals surface area contributed by atoms with Gasteiger partial charge in [0.2, 0.25) is 5.91 Å². The second-order valence-corrected chi connectivity index (χ2v) is 4.81. The van der Waals surface area contributed by atoms with Crippen molar-refractivity contribution in [3.8, 4) is 5.75 Å². The Hall–Kier alpha value is -2.02. The third-order valence-corrected chi connectivity index (χ3v) is 3.46. The van der Waals surface area contributed by atoms with Gasteiger partial charge in [-0.3, -0.25) is 9.69 Å². The van der Waals surface area contributed by atoms with Gasteiger partial charge in [0.05, 0.1) is 18.6 Å². The van der Waals surface area contributed by atoms with Gasteiger partial charge in [0.15, 0.2) is 5.17 Å². The third-order valence-electron chi connectivity index (χ3n) is 2.53. The molecule has 1 aliphatic rings. The minimum absolute atomic E-state index is 0.154. The highest BCUT2D eigenvalue weighted by molar-refractivity contribution is 8.15. The lowest BCUT2D eigenvalue weighted by molar-refractivity contribution is -0.115. The van der Waals surface area contributed by atoms with E-state index in [1.165, 1.54) is 12.0 Å². The van der Waals surface area contributed by atoms with Gasteiger partial charge in [-0.05, 0) is 24.6 Å². The molecule has 19 heavy (non-hydrogen) atoms. The van der Waals surface area contributed by atoms with Crippen LogP contribution in [0.2, 0.25) is 0 Å². The molecule has 0 spiro atoms. The number of hydrogen-bond donors (Lipinski definition) is 1. The zero-order valence-corrected chi connectivity index (χ0v) is 11.2. The van der Waals surface area contributed by atoms with E-state index in [1.54, 1.807) is 12.1 Å². The maximum absolute atomic E-state index is 11.9. The molecule has 6 nitrogen and oxygen atoms in total. The van der Waals surface area contributed by atoms with Crippen LogP contribution in [0.25, 0.3) is 0 Å². The van der Waals surface area contributed by atoms with Gasteiger partial charge >= 0.3 is 6.09 Å². The smallest absolute Gasteiger partial charge is 0.433 e. The summed E-state index contributed by atoms with van der Waals surface area (Å²) in [6.07, 6.45) is -1.33. The maximum atomic E-state index is 11.9. The minimum Gasteiger partial charge on any atom is -0.495 e. The number of nitrogens with zero attached hydrogens (tertiary/aromatic N) is 2. The third kappa shape index (κ3) is 2.70. The van der Waals surface area contributed by atoms with Gasteiger partial charge in [-0.1, -0.05) is 17.8 Å². The average molecular weight is 280 g/mol. The number of carboxylic acid groups (broad SMARTS) is 1. The Morgan fingerprint density at radius 1 is 1.53 bits per heavy atom. The topological polar surface area (TPSA) is 79.2 Å². The van der Waals surface area contributed by atoms with Crippen LogP contribution in [0.15, 0.2) is 23.2 Å². The van der Waals surface area contributed by atoms with E-state index in [9.17, 15) is 9.59 Å². The quantitative estimate of drug-likeness (QED) is 0.897. The molecular weight excluding hydrogens is 268 g/mol. The number of methoxy groups -OCH3 is 1. The molecule has 1 N–H and O–H groups in total. The van der Waals surface area contributed by atoms with Gasteiger partial charge in [-0.25, -0.2) is 4.79 Å². The van der Waals surface area contributed by atoms with E-state index in [1.807, 2.05) is 13.0 Å². The van der Waals surface area contributed by atoms with E-state index in [4.69, 9.17) is 9.84 Å². The van der Waals surface area contributed by atoms with E-state index < -0.39 is 6.09 Å². The van der Waals surface area contributed by atoms with Crippen molar-refractivity contribution in [1.82, 2.24) is 0 Å². The number of anilines is 1. The van der Waals surface area contributed by atoms with Gasteiger partial charge in [0.25, 0.3) is 0 Å². The first-order valence-corrected chi connectivity index (χ1v) is 6.43. The molecule has 1 fully saturated rings. The number of carbonyl (C=O) groups is 2. The molecule has 1 aromatic rings. The molecule has 2 rings (SSSR count). The summed E-state index contributed by atoms with van der Waals surface area (Å²) in [5.74, 6) is 0.455. The molecule has 2 amide bonds. The first-order valence-electron chi connectivity index (χ1n) is 5.45.